The number of hydrogen-bond acceptors (Lipinski definition) is 3. The van der Waals surface area contributed by atoms with Crippen LogP contribution in [0, 0.1) is 6.92 Å². The zero-order chi connectivity index (χ0) is 12.1. The molecule has 1 N–H and O–H groups in total. The van der Waals surface area contributed by atoms with Crippen molar-refractivity contribution in [3.05, 3.63) is 52.0 Å². The lowest BCUT2D eigenvalue weighted by atomic mass is 9.94. The van der Waals surface area contributed by atoms with Crippen molar-refractivity contribution < 1.29 is 0 Å². The fourth-order valence-corrected chi connectivity index (χ4v) is 2.74. The van der Waals surface area contributed by atoms with Crippen molar-refractivity contribution in [1.29, 1.82) is 0 Å². The lowest BCUT2D eigenvalue weighted by molar-refractivity contribution is 0.629. The maximum Gasteiger partial charge on any atom is 0.0794 e. The molecule has 0 aliphatic heterocycles. The van der Waals surface area contributed by atoms with E-state index in [1.807, 2.05) is 18.8 Å². The van der Waals surface area contributed by atoms with Crippen LogP contribution in [0.5, 0.6) is 0 Å². The van der Waals surface area contributed by atoms with Gasteiger partial charge in [0.1, 0.15) is 0 Å². The number of nitrogens with one attached hydrogen (secondary N) is 1. The van der Waals surface area contributed by atoms with Crippen LogP contribution in [-0.4, -0.2) is 18.6 Å². The molecule has 0 bridgehead atoms. The quantitative estimate of drug-likeness (QED) is 0.877. The van der Waals surface area contributed by atoms with E-state index in [0.717, 1.165) is 13.0 Å². The van der Waals surface area contributed by atoms with Crippen LogP contribution in [0.2, 0.25) is 0 Å². The molecule has 3 heteroatoms. The van der Waals surface area contributed by atoms with Crippen LogP contribution in [0.25, 0.3) is 0 Å². The van der Waals surface area contributed by atoms with Crippen molar-refractivity contribution in [3.63, 3.8) is 0 Å². The second-order valence-corrected chi connectivity index (χ2v) is 5.31. The van der Waals surface area contributed by atoms with E-state index >= 15 is 0 Å². The van der Waals surface area contributed by atoms with E-state index in [1.165, 1.54) is 16.0 Å². The van der Waals surface area contributed by atoms with Crippen molar-refractivity contribution in [3.8, 4) is 0 Å². The van der Waals surface area contributed by atoms with E-state index in [9.17, 15) is 0 Å². The minimum Gasteiger partial charge on any atom is -0.319 e. The largest absolute Gasteiger partial charge is 0.319 e. The summed E-state index contributed by atoms with van der Waals surface area (Å²) in [5.41, 5.74) is 4.64. The summed E-state index contributed by atoms with van der Waals surface area (Å²) in [7, 11) is 2.01. The number of likely N-dealkylation sites (N-methyl/N-ethyl adjacent to an activating group) is 1. The Kier molecular flexibility index (Phi) is 4.29. The molecule has 1 atom stereocenters. The molecule has 0 aliphatic rings. The van der Waals surface area contributed by atoms with Crippen LogP contribution in [-0.2, 0) is 6.42 Å². The van der Waals surface area contributed by atoms with Crippen molar-refractivity contribution in [2.45, 2.75) is 19.3 Å². The van der Waals surface area contributed by atoms with Crippen LogP contribution in [0.4, 0.5) is 0 Å². The Morgan fingerprint density at radius 1 is 1.41 bits per heavy atom. The number of nitrogens with zero attached hydrogens (tertiary/aromatic N) is 1. The minimum atomic E-state index is 0.528. The van der Waals surface area contributed by atoms with E-state index in [4.69, 9.17) is 0 Å². The third kappa shape index (κ3) is 3.38. The van der Waals surface area contributed by atoms with Gasteiger partial charge in [-0.1, -0.05) is 29.8 Å². The zero-order valence-electron chi connectivity index (χ0n) is 10.3. The van der Waals surface area contributed by atoms with E-state index < -0.39 is 0 Å². The molecule has 1 unspecified atom stereocenters. The number of rotatable bonds is 5. The average Bonchev–Trinajstić information content (AvgIpc) is 2.81. The average molecular weight is 246 g/mol. The highest BCUT2D eigenvalue weighted by Crippen LogP contribution is 2.22. The topological polar surface area (TPSA) is 24.9 Å². The van der Waals surface area contributed by atoms with E-state index in [0.29, 0.717) is 5.92 Å². The van der Waals surface area contributed by atoms with Crippen LogP contribution < -0.4 is 5.32 Å². The molecule has 2 rings (SSSR count). The molecule has 2 aromatic rings. The first kappa shape index (κ1) is 12.3. The smallest absolute Gasteiger partial charge is 0.0794 e. The van der Waals surface area contributed by atoms with Crippen LogP contribution in [0.3, 0.4) is 0 Å². The predicted octanol–water partition coefficient (Wildman–Crippen LogP) is 3.00. The normalized spacial score (nSPS) is 12.6. The number of benzene rings is 1. The summed E-state index contributed by atoms with van der Waals surface area (Å²) in [6.45, 7) is 3.15. The highest BCUT2D eigenvalue weighted by molar-refractivity contribution is 7.09. The first-order chi connectivity index (χ1) is 8.29. The highest BCUT2D eigenvalue weighted by atomic mass is 32.1. The van der Waals surface area contributed by atoms with E-state index in [1.54, 1.807) is 11.3 Å². The Hall–Kier alpha value is -1.19. The van der Waals surface area contributed by atoms with E-state index in [2.05, 4.69) is 41.5 Å². The van der Waals surface area contributed by atoms with Gasteiger partial charge in [0.05, 0.1) is 5.51 Å². The third-order valence-electron chi connectivity index (χ3n) is 2.90. The fraction of sp³-hybridized carbons (Fsp3) is 0.357. The number of aryl methyl sites for hydroxylation is 1. The monoisotopic (exact) mass is 246 g/mol. The Labute approximate surface area is 107 Å². The number of hydrogen-bond donors (Lipinski definition) is 1. The number of thiazole rings is 1. The molecule has 2 nitrogen and oxygen atoms in total. The maximum atomic E-state index is 4.14. The lowest BCUT2D eigenvalue weighted by Gasteiger charge is -2.16. The van der Waals surface area contributed by atoms with Gasteiger partial charge in [0.25, 0.3) is 0 Å². The SMILES string of the molecule is CNCC(Cc1cncs1)c1cccc(C)c1. The Balaban J connectivity index is 2.16. The second-order valence-electron chi connectivity index (χ2n) is 4.34. The fourth-order valence-electron chi connectivity index (χ4n) is 2.06. The summed E-state index contributed by atoms with van der Waals surface area (Å²) in [5.74, 6) is 0.528. The molecule has 1 heterocycles. The Morgan fingerprint density at radius 3 is 2.94 bits per heavy atom. The van der Waals surface area contributed by atoms with Gasteiger partial charge in [0, 0.05) is 23.5 Å². The molecule has 0 saturated carbocycles. The lowest BCUT2D eigenvalue weighted by Crippen LogP contribution is -2.19. The predicted molar refractivity (Wildman–Crippen MR) is 73.7 cm³/mol. The molecule has 90 valence electrons. The summed E-state index contributed by atoms with van der Waals surface area (Å²) in [5, 5.41) is 3.28. The van der Waals surface area contributed by atoms with Crippen LogP contribution in [0.15, 0.2) is 36.0 Å². The molecule has 0 radical (unpaired) electrons. The molecule has 0 aliphatic carbocycles. The first-order valence-corrected chi connectivity index (χ1v) is 6.76. The van der Waals surface area contributed by atoms with Crippen LogP contribution >= 0.6 is 11.3 Å². The van der Waals surface area contributed by atoms with Gasteiger partial charge in [-0.3, -0.25) is 4.98 Å². The summed E-state index contributed by atoms with van der Waals surface area (Å²) >= 11 is 1.74. The minimum absolute atomic E-state index is 0.528. The van der Waals surface area contributed by atoms with Gasteiger partial charge in [-0.25, -0.2) is 0 Å². The van der Waals surface area contributed by atoms with Gasteiger partial charge in [0.15, 0.2) is 0 Å². The summed E-state index contributed by atoms with van der Waals surface area (Å²) in [6.07, 6.45) is 3.04. The highest BCUT2D eigenvalue weighted by Gasteiger charge is 2.12. The molecule has 1 aromatic heterocycles. The van der Waals surface area contributed by atoms with E-state index in [-0.39, 0.29) is 0 Å². The molecule has 17 heavy (non-hydrogen) atoms. The number of aromatic nitrogens is 1. The first-order valence-electron chi connectivity index (χ1n) is 5.88. The van der Waals surface area contributed by atoms with Gasteiger partial charge in [-0.05, 0) is 26.0 Å². The van der Waals surface area contributed by atoms with Crippen molar-refractivity contribution >= 4 is 11.3 Å². The molecule has 0 amide bonds. The van der Waals surface area contributed by atoms with Crippen molar-refractivity contribution in [1.82, 2.24) is 10.3 Å². The molecular formula is C14H18N2S. The van der Waals surface area contributed by atoms with Gasteiger partial charge < -0.3 is 5.32 Å². The standard InChI is InChI=1S/C14H18N2S/c1-11-4-3-5-12(6-11)13(8-15-2)7-14-9-16-10-17-14/h3-6,9-10,13,15H,7-8H2,1-2H3. The maximum absolute atomic E-state index is 4.14. The molecular weight excluding hydrogens is 228 g/mol. The zero-order valence-corrected chi connectivity index (χ0v) is 11.1. The van der Waals surface area contributed by atoms with Crippen LogP contribution in [0.1, 0.15) is 21.9 Å². The molecule has 0 fully saturated rings. The summed E-state index contributed by atoms with van der Waals surface area (Å²) in [4.78, 5) is 5.50. The van der Waals surface area contributed by atoms with Gasteiger partial charge in [-0.2, -0.15) is 0 Å². The van der Waals surface area contributed by atoms with Gasteiger partial charge in [-0.15, -0.1) is 11.3 Å². The Bertz CT molecular complexity index is 451. The van der Waals surface area contributed by atoms with Crippen molar-refractivity contribution in [2.24, 2.45) is 0 Å². The summed E-state index contributed by atoms with van der Waals surface area (Å²) < 4.78 is 0. The molecule has 1 aromatic carbocycles. The van der Waals surface area contributed by atoms with Gasteiger partial charge in [0.2, 0.25) is 0 Å². The molecule has 0 saturated heterocycles. The van der Waals surface area contributed by atoms with Crippen molar-refractivity contribution in [2.75, 3.05) is 13.6 Å². The summed E-state index contributed by atoms with van der Waals surface area (Å²) in [6, 6.07) is 8.78. The third-order valence-corrected chi connectivity index (χ3v) is 3.70. The second kappa shape index (κ2) is 5.94. The molecule has 0 spiro atoms. The van der Waals surface area contributed by atoms with Gasteiger partial charge >= 0.3 is 0 Å². The Morgan fingerprint density at radius 2 is 2.29 bits per heavy atom.